The monoisotopic (exact) mass is 440 g/mol. The predicted octanol–water partition coefficient (Wildman–Crippen LogP) is 4.77. The summed E-state index contributed by atoms with van der Waals surface area (Å²) in [6.07, 6.45) is 5.77. The second-order valence-electron chi connectivity index (χ2n) is 4.07. The van der Waals surface area contributed by atoms with Crippen molar-refractivity contribution in [3.63, 3.8) is 0 Å². The van der Waals surface area contributed by atoms with Crippen LogP contribution in [0.3, 0.4) is 0 Å². The molecule has 2 heteroatoms. The molecule has 0 atom stereocenters. The summed E-state index contributed by atoms with van der Waals surface area (Å²) < 4.78 is 0. The van der Waals surface area contributed by atoms with Crippen LogP contribution in [-0.2, 0) is 21.1 Å². The van der Waals surface area contributed by atoms with E-state index >= 15 is 0 Å². The summed E-state index contributed by atoms with van der Waals surface area (Å²) in [5.41, 5.74) is 2.88. The summed E-state index contributed by atoms with van der Waals surface area (Å²) >= 11 is 0. The topological polar surface area (TPSA) is 0 Å². The summed E-state index contributed by atoms with van der Waals surface area (Å²) in [5, 5.41) is 1.70. The first-order valence-corrected chi connectivity index (χ1v) is 8.12. The minimum Gasteiger partial charge on any atom is -0.358 e. The van der Waals surface area contributed by atoms with E-state index in [0.717, 1.165) is 0 Å². The number of hydrogen-bond acceptors (Lipinski definition) is 0. The van der Waals surface area contributed by atoms with Crippen LogP contribution in [0.4, 0.5) is 0 Å². The summed E-state index contributed by atoms with van der Waals surface area (Å²) in [6.45, 7) is 4.82. The second-order valence-corrected chi connectivity index (χ2v) is 7.07. The zero-order valence-electron chi connectivity index (χ0n) is 12.1. The van der Waals surface area contributed by atoms with Crippen LogP contribution in [-0.4, -0.2) is 8.80 Å². The molecular weight excluding hydrogens is 415 g/mol. The molecule has 1 aliphatic rings. The largest absolute Gasteiger partial charge is 0.358 e. The van der Waals surface area contributed by atoms with Crippen molar-refractivity contribution in [2.75, 3.05) is 0 Å². The van der Waals surface area contributed by atoms with E-state index in [9.17, 15) is 0 Å². The van der Waals surface area contributed by atoms with Crippen molar-refractivity contribution < 1.29 is 21.1 Å². The van der Waals surface area contributed by atoms with Crippen LogP contribution in [0.25, 0.3) is 5.57 Å². The molecular formula is C16H25PtSi-3. The van der Waals surface area contributed by atoms with Gasteiger partial charge in [-0.25, -0.2) is 0 Å². The van der Waals surface area contributed by atoms with E-state index in [1.807, 2.05) is 0 Å². The molecule has 0 aliphatic heterocycles. The van der Waals surface area contributed by atoms with Crippen molar-refractivity contribution in [2.45, 2.75) is 19.5 Å². The Labute approximate surface area is 130 Å². The van der Waals surface area contributed by atoms with Gasteiger partial charge in [-0.15, -0.1) is 0 Å². The van der Waals surface area contributed by atoms with E-state index in [-0.39, 0.29) is 43.3 Å². The molecule has 106 valence electrons. The van der Waals surface area contributed by atoms with Gasteiger partial charge in [-0.05, 0) is 17.6 Å². The van der Waals surface area contributed by atoms with Crippen molar-refractivity contribution >= 4 is 14.4 Å². The van der Waals surface area contributed by atoms with Gasteiger partial charge in [0, 0.05) is 21.1 Å². The summed E-state index contributed by atoms with van der Waals surface area (Å²) in [5.74, 6) is 0. The average Bonchev–Trinajstić information content (AvgIpc) is 2.67. The van der Waals surface area contributed by atoms with Gasteiger partial charge in [-0.3, -0.25) is 0 Å². The smallest absolute Gasteiger partial charge is 0.0607 e. The second kappa shape index (κ2) is 10.5. The Balaban J connectivity index is -0.000000562. The van der Waals surface area contributed by atoms with Crippen LogP contribution in [0, 0.1) is 22.3 Å². The van der Waals surface area contributed by atoms with Crippen molar-refractivity contribution in [1.82, 2.24) is 0 Å². The maximum absolute atomic E-state index is 2.41. The summed E-state index contributed by atoms with van der Waals surface area (Å²) in [7, 11) is -0.634. The molecule has 0 radical (unpaired) electrons. The normalized spacial score (nSPS) is 12.2. The Morgan fingerprint density at radius 1 is 0.944 bits per heavy atom. The first kappa shape index (κ1) is 22.8. The Bertz CT molecular complexity index is 377. The van der Waals surface area contributed by atoms with Crippen molar-refractivity contribution in [1.29, 1.82) is 0 Å². The number of rotatable bonds is 2. The fourth-order valence-corrected chi connectivity index (χ4v) is 3.46. The molecule has 0 spiro atoms. The maximum atomic E-state index is 2.41. The minimum atomic E-state index is -0.634. The summed E-state index contributed by atoms with van der Waals surface area (Å²) in [6, 6.07) is 10.7. The van der Waals surface area contributed by atoms with Gasteiger partial charge in [0.2, 0.25) is 0 Å². The number of hydrogen-bond donors (Lipinski definition) is 0. The van der Waals surface area contributed by atoms with Crippen LogP contribution in [0.2, 0.25) is 13.1 Å². The van der Waals surface area contributed by atoms with Gasteiger partial charge in [0.1, 0.15) is 0 Å². The van der Waals surface area contributed by atoms with Crippen LogP contribution in [0.1, 0.15) is 12.0 Å². The average molecular weight is 441 g/mol. The van der Waals surface area contributed by atoms with E-state index < -0.39 is 8.80 Å². The zero-order chi connectivity index (χ0) is 9.97. The zero-order valence-corrected chi connectivity index (χ0v) is 15.6. The van der Waals surface area contributed by atoms with E-state index in [0.29, 0.717) is 0 Å². The molecule has 0 saturated carbocycles. The molecule has 1 aromatic carbocycles. The molecule has 1 aliphatic carbocycles. The van der Waals surface area contributed by atoms with Gasteiger partial charge in [0.05, 0.1) is 8.80 Å². The SMILES string of the molecule is C[SiH](C)C1=C(c2ccccc2)C=CC1.[CH3-].[CH3-].[CH3-].[Pt]. The van der Waals surface area contributed by atoms with Gasteiger partial charge in [0.15, 0.2) is 0 Å². The molecule has 0 nitrogen and oxygen atoms in total. The predicted molar refractivity (Wildman–Crippen MR) is 85.2 cm³/mol. The molecule has 2 rings (SSSR count). The van der Waals surface area contributed by atoms with Gasteiger partial charge in [-0.2, -0.15) is 0 Å². The van der Waals surface area contributed by atoms with Crippen molar-refractivity contribution in [2.24, 2.45) is 0 Å². The molecule has 0 aromatic heterocycles. The third-order valence-corrected chi connectivity index (χ3v) is 4.69. The van der Waals surface area contributed by atoms with E-state index in [4.69, 9.17) is 0 Å². The standard InChI is InChI=1S/C13H16Si.3CH3.Pt/c1-14(2)13-10-6-9-12(13)11-7-4-3-5-8-11;;;;/h3-9,14H,10H2,1-2H3;3*1H3;/q;3*-1;. The molecule has 18 heavy (non-hydrogen) atoms. The van der Waals surface area contributed by atoms with Crippen LogP contribution in [0.15, 0.2) is 47.7 Å². The molecule has 0 bridgehead atoms. The third kappa shape index (κ3) is 5.08. The molecule has 0 unspecified atom stereocenters. The molecule has 0 heterocycles. The van der Waals surface area contributed by atoms with Crippen molar-refractivity contribution in [3.05, 3.63) is 75.5 Å². The van der Waals surface area contributed by atoms with E-state index in [1.165, 1.54) is 17.6 Å². The number of allylic oxidation sites excluding steroid dienone is 4. The van der Waals surface area contributed by atoms with Gasteiger partial charge in [0.25, 0.3) is 0 Å². The quantitative estimate of drug-likeness (QED) is 0.459. The Morgan fingerprint density at radius 2 is 1.50 bits per heavy atom. The van der Waals surface area contributed by atoms with Gasteiger partial charge >= 0.3 is 0 Å². The molecule has 0 fully saturated rings. The van der Waals surface area contributed by atoms with Gasteiger partial charge < -0.3 is 22.3 Å². The van der Waals surface area contributed by atoms with E-state index in [2.05, 4.69) is 55.6 Å². The fraction of sp³-hybridized carbons (Fsp3) is 0.188. The third-order valence-electron chi connectivity index (χ3n) is 2.75. The van der Waals surface area contributed by atoms with Crippen molar-refractivity contribution in [3.8, 4) is 0 Å². The number of benzene rings is 1. The first-order chi connectivity index (χ1) is 6.79. The molecule has 0 saturated heterocycles. The van der Waals surface area contributed by atoms with Crippen LogP contribution >= 0.6 is 0 Å². The minimum absolute atomic E-state index is 0. The maximum Gasteiger partial charge on any atom is 0.0607 e. The molecule has 1 aromatic rings. The first-order valence-electron chi connectivity index (χ1n) is 5.24. The van der Waals surface area contributed by atoms with Crippen LogP contribution in [0.5, 0.6) is 0 Å². The fourth-order valence-electron chi connectivity index (χ4n) is 1.97. The Hall–Kier alpha value is -0.395. The molecule has 0 N–H and O–H groups in total. The summed E-state index contributed by atoms with van der Waals surface area (Å²) in [4.78, 5) is 0. The Morgan fingerprint density at radius 3 is 2.00 bits per heavy atom. The Kier molecular flexibility index (Phi) is 13.3. The molecule has 0 amide bonds. The van der Waals surface area contributed by atoms with E-state index in [1.54, 1.807) is 5.20 Å². The van der Waals surface area contributed by atoms with Crippen LogP contribution < -0.4 is 0 Å². The van der Waals surface area contributed by atoms with Gasteiger partial charge in [-0.1, -0.05) is 60.8 Å².